The van der Waals surface area contributed by atoms with E-state index in [0.717, 1.165) is 24.0 Å². The lowest BCUT2D eigenvalue weighted by molar-refractivity contribution is -0.0302. The number of piperidine rings is 1. The van der Waals surface area contributed by atoms with E-state index in [-0.39, 0.29) is 29.7 Å². The number of nitrogens with two attached hydrogens (primary N) is 1. The molecule has 1 aromatic carbocycles. The van der Waals surface area contributed by atoms with Crippen LogP contribution >= 0.6 is 0 Å². The first-order valence-corrected chi connectivity index (χ1v) is 12.8. The van der Waals surface area contributed by atoms with Crippen molar-refractivity contribution in [2.45, 2.75) is 91.0 Å². The lowest BCUT2D eigenvalue weighted by Crippen LogP contribution is -2.56. The molecule has 4 rings (SSSR count). The van der Waals surface area contributed by atoms with E-state index in [9.17, 15) is 4.79 Å². The molecule has 3 N–H and O–H groups in total. The van der Waals surface area contributed by atoms with Gasteiger partial charge >= 0.3 is 12.1 Å². The van der Waals surface area contributed by atoms with Crippen LogP contribution in [0.15, 0.2) is 30.5 Å². The fourth-order valence-corrected chi connectivity index (χ4v) is 4.41. The van der Waals surface area contributed by atoms with E-state index in [1.54, 1.807) is 9.42 Å². The van der Waals surface area contributed by atoms with Crippen LogP contribution in [-0.4, -0.2) is 54.4 Å². The standard InChI is InChI=1S/C27H39N7O3/c1-17(2)21-15-30-34-22(21)31-24(32-23(34)29-14-18-9-8-10-19(28)13-18)36-20-11-12-27(6,7)33(16-20)25(35)37-26(3,4)5/h8-10,13,15,17,20H,11-12,14,16,28H2,1-7H3,(H,29,31,32). The van der Waals surface area contributed by atoms with Gasteiger partial charge in [0.05, 0.1) is 12.7 Å². The van der Waals surface area contributed by atoms with Gasteiger partial charge in [0.2, 0.25) is 5.95 Å². The second-order valence-corrected chi connectivity index (χ2v) is 11.6. The number of aromatic nitrogens is 4. The molecule has 0 saturated carbocycles. The Morgan fingerprint density at radius 3 is 2.70 bits per heavy atom. The van der Waals surface area contributed by atoms with Gasteiger partial charge in [-0.05, 0) is 71.1 Å². The van der Waals surface area contributed by atoms with Gasteiger partial charge in [0.25, 0.3) is 0 Å². The average molecular weight is 510 g/mol. The Balaban J connectivity index is 1.59. The van der Waals surface area contributed by atoms with Gasteiger partial charge in [-0.2, -0.15) is 19.6 Å². The van der Waals surface area contributed by atoms with Crippen molar-refractivity contribution in [1.82, 2.24) is 24.5 Å². The van der Waals surface area contributed by atoms with Gasteiger partial charge in [0.1, 0.15) is 11.7 Å². The maximum Gasteiger partial charge on any atom is 0.410 e. The monoisotopic (exact) mass is 509 g/mol. The van der Waals surface area contributed by atoms with Crippen molar-refractivity contribution in [3.63, 3.8) is 0 Å². The normalized spacial score (nSPS) is 17.7. The molecule has 1 aliphatic rings. The number of carbonyl (C=O) groups excluding carboxylic acids is 1. The minimum Gasteiger partial charge on any atom is -0.458 e. The van der Waals surface area contributed by atoms with Crippen molar-refractivity contribution >= 4 is 23.4 Å². The van der Waals surface area contributed by atoms with Crippen molar-refractivity contribution in [3.05, 3.63) is 41.6 Å². The summed E-state index contributed by atoms with van der Waals surface area (Å²) in [6, 6.07) is 7.94. The quantitative estimate of drug-likeness (QED) is 0.446. The molecule has 0 spiro atoms. The maximum absolute atomic E-state index is 13.0. The number of benzene rings is 1. The second-order valence-electron chi connectivity index (χ2n) is 11.6. The first-order chi connectivity index (χ1) is 17.3. The molecule has 1 amide bonds. The molecule has 1 fully saturated rings. The third-order valence-electron chi connectivity index (χ3n) is 6.48. The first kappa shape index (κ1) is 26.5. The summed E-state index contributed by atoms with van der Waals surface area (Å²) in [7, 11) is 0. The fraction of sp³-hybridized carbons (Fsp3) is 0.556. The van der Waals surface area contributed by atoms with E-state index < -0.39 is 5.60 Å². The third kappa shape index (κ3) is 6.23. The Morgan fingerprint density at radius 2 is 2.03 bits per heavy atom. The highest BCUT2D eigenvalue weighted by atomic mass is 16.6. The highest BCUT2D eigenvalue weighted by Gasteiger charge is 2.40. The van der Waals surface area contributed by atoms with E-state index >= 15 is 0 Å². The molecule has 1 unspecified atom stereocenters. The zero-order valence-electron chi connectivity index (χ0n) is 22.9. The fourth-order valence-electron chi connectivity index (χ4n) is 4.41. The van der Waals surface area contributed by atoms with Gasteiger partial charge in [0, 0.05) is 23.3 Å². The molecule has 1 saturated heterocycles. The van der Waals surface area contributed by atoms with Crippen LogP contribution in [0.4, 0.5) is 16.4 Å². The van der Waals surface area contributed by atoms with Crippen LogP contribution in [0.3, 0.4) is 0 Å². The van der Waals surface area contributed by atoms with E-state index in [2.05, 4.69) is 43.1 Å². The SMILES string of the molecule is CC(C)c1cnn2c(NCc3cccc(N)c3)nc(OC3CCC(C)(C)N(C(=O)OC(C)(C)C)C3)nc12. The molecule has 10 nitrogen and oxygen atoms in total. The van der Waals surface area contributed by atoms with Gasteiger partial charge < -0.3 is 20.5 Å². The summed E-state index contributed by atoms with van der Waals surface area (Å²) >= 11 is 0. The summed E-state index contributed by atoms with van der Waals surface area (Å²) in [6.45, 7) is 14.8. The predicted octanol–water partition coefficient (Wildman–Crippen LogP) is 5.00. The maximum atomic E-state index is 13.0. The van der Waals surface area contributed by atoms with Crippen molar-refractivity contribution in [2.24, 2.45) is 0 Å². The zero-order valence-corrected chi connectivity index (χ0v) is 22.9. The number of nitrogen functional groups attached to an aromatic ring is 1. The van der Waals surface area contributed by atoms with Crippen LogP contribution < -0.4 is 15.8 Å². The van der Waals surface area contributed by atoms with Crippen LogP contribution in [0.2, 0.25) is 0 Å². The number of nitrogens with zero attached hydrogens (tertiary/aromatic N) is 5. The van der Waals surface area contributed by atoms with Gasteiger partial charge in [-0.25, -0.2) is 4.79 Å². The first-order valence-electron chi connectivity index (χ1n) is 12.8. The van der Waals surface area contributed by atoms with Gasteiger partial charge in [-0.3, -0.25) is 4.90 Å². The minimum atomic E-state index is -0.575. The average Bonchev–Trinajstić information content (AvgIpc) is 3.22. The van der Waals surface area contributed by atoms with Gasteiger partial charge in [-0.15, -0.1) is 0 Å². The molecule has 0 radical (unpaired) electrons. The molecule has 0 bridgehead atoms. The summed E-state index contributed by atoms with van der Waals surface area (Å²) in [5.41, 5.74) is 8.44. The number of likely N-dealkylation sites (tertiary alicyclic amines) is 1. The van der Waals surface area contributed by atoms with Crippen molar-refractivity contribution < 1.29 is 14.3 Å². The summed E-state index contributed by atoms with van der Waals surface area (Å²) in [4.78, 5) is 24.1. The number of ether oxygens (including phenoxy) is 2. The third-order valence-corrected chi connectivity index (χ3v) is 6.48. The number of anilines is 2. The summed E-state index contributed by atoms with van der Waals surface area (Å²) in [5.74, 6) is 0.745. The minimum absolute atomic E-state index is 0.222. The highest BCUT2D eigenvalue weighted by Crippen LogP contribution is 2.31. The zero-order chi connectivity index (χ0) is 27.0. The number of carbonyl (C=O) groups is 1. The Labute approximate surface area is 218 Å². The predicted molar refractivity (Wildman–Crippen MR) is 144 cm³/mol. The summed E-state index contributed by atoms with van der Waals surface area (Å²) in [6.07, 6.45) is 2.74. The van der Waals surface area contributed by atoms with Crippen molar-refractivity contribution in [1.29, 1.82) is 0 Å². The van der Waals surface area contributed by atoms with E-state index in [1.165, 1.54) is 0 Å². The molecular formula is C27H39N7O3. The van der Waals surface area contributed by atoms with E-state index in [0.29, 0.717) is 30.4 Å². The molecule has 2 aromatic heterocycles. The number of nitrogens with one attached hydrogen (secondary N) is 1. The molecule has 3 aromatic rings. The van der Waals surface area contributed by atoms with Gasteiger partial charge in [0.15, 0.2) is 5.65 Å². The second kappa shape index (κ2) is 10.1. The molecule has 0 aliphatic carbocycles. The Bertz CT molecular complexity index is 1260. The van der Waals surface area contributed by atoms with Crippen molar-refractivity contribution in [3.8, 4) is 6.01 Å². The largest absolute Gasteiger partial charge is 0.458 e. The van der Waals surface area contributed by atoms with Crippen molar-refractivity contribution in [2.75, 3.05) is 17.6 Å². The number of hydrogen-bond acceptors (Lipinski definition) is 8. The molecule has 1 atom stereocenters. The molecule has 200 valence electrons. The van der Waals surface area contributed by atoms with Crippen LogP contribution in [0.1, 0.15) is 78.4 Å². The molecule has 3 heterocycles. The van der Waals surface area contributed by atoms with E-state index in [1.807, 2.05) is 51.2 Å². The van der Waals surface area contributed by atoms with Crippen LogP contribution in [0, 0.1) is 0 Å². The number of fused-ring (bicyclic) bond motifs is 1. The number of amides is 1. The smallest absolute Gasteiger partial charge is 0.410 e. The molecule has 10 heteroatoms. The number of rotatable bonds is 6. The van der Waals surface area contributed by atoms with Gasteiger partial charge in [-0.1, -0.05) is 26.0 Å². The summed E-state index contributed by atoms with van der Waals surface area (Å²) < 4.78 is 13.7. The molecular weight excluding hydrogens is 470 g/mol. The van der Waals surface area contributed by atoms with Crippen LogP contribution in [0.5, 0.6) is 6.01 Å². The Morgan fingerprint density at radius 1 is 1.27 bits per heavy atom. The van der Waals surface area contributed by atoms with Crippen LogP contribution in [0.25, 0.3) is 5.65 Å². The Kier molecular flexibility index (Phi) is 7.21. The lowest BCUT2D eigenvalue weighted by atomic mass is 9.89. The number of hydrogen-bond donors (Lipinski definition) is 2. The summed E-state index contributed by atoms with van der Waals surface area (Å²) in [5, 5.41) is 7.88. The van der Waals surface area contributed by atoms with Crippen LogP contribution in [-0.2, 0) is 11.3 Å². The molecule has 37 heavy (non-hydrogen) atoms. The highest BCUT2D eigenvalue weighted by molar-refractivity contribution is 5.69. The lowest BCUT2D eigenvalue weighted by Gasteiger charge is -2.45. The molecule has 1 aliphatic heterocycles. The van der Waals surface area contributed by atoms with E-state index in [4.69, 9.17) is 20.2 Å². The topological polar surface area (TPSA) is 120 Å². The Hall–Kier alpha value is -3.56.